The van der Waals surface area contributed by atoms with Crippen molar-refractivity contribution in [3.05, 3.63) is 16.1 Å². The molecule has 0 radical (unpaired) electrons. The molecule has 1 atom stereocenters. The van der Waals surface area contributed by atoms with E-state index in [9.17, 15) is 0 Å². The zero-order chi connectivity index (χ0) is 10.8. The Kier molecular flexibility index (Phi) is 3.67. The van der Waals surface area contributed by atoms with Crippen LogP contribution in [0.3, 0.4) is 0 Å². The Morgan fingerprint density at radius 2 is 2.14 bits per heavy atom. The quantitative estimate of drug-likeness (QED) is 0.770. The van der Waals surface area contributed by atoms with Crippen LogP contribution in [0.5, 0.6) is 0 Å². The van der Waals surface area contributed by atoms with Gasteiger partial charge in [0.05, 0.1) is 16.8 Å². The van der Waals surface area contributed by atoms with Crippen molar-refractivity contribution in [2.24, 2.45) is 0 Å². The van der Waals surface area contributed by atoms with Crippen molar-refractivity contribution in [2.75, 3.05) is 7.11 Å². The van der Waals surface area contributed by atoms with Crippen molar-refractivity contribution in [1.29, 1.82) is 0 Å². The summed E-state index contributed by atoms with van der Waals surface area (Å²) in [6, 6.07) is 0. The molecule has 0 aromatic carbocycles. The molecule has 0 aliphatic heterocycles. The van der Waals surface area contributed by atoms with Gasteiger partial charge >= 0.3 is 0 Å². The van der Waals surface area contributed by atoms with Crippen LogP contribution in [0.1, 0.15) is 38.4 Å². The molecule has 1 unspecified atom stereocenters. The first-order valence-corrected chi connectivity index (χ1v) is 5.79. The normalized spacial score (nSPS) is 14.4. The van der Waals surface area contributed by atoms with Gasteiger partial charge in [0.2, 0.25) is 0 Å². The third kappa shape index (κ3) is 3.07. The Labute approximate surface area is 90.3 Å². The highest BCUT2D eigenvalue weighted by Gasteiger charge is 2.17. The van der Waals surface area contributed by atoms with Gasteiger partial charge in [0.1, 0.15) is 0 Å². The molecule has 0 amide bonds. The summed E-state index contributed by atoms with van der Waals surface area (Å²) >= 11 is 1.73. The molecule has 0 spiro atoms. The number of nitrogens with zero attached hydrogens (tertiary/aromatic N) is 1. The first-order chi connectivity index (χ1) is 6.43. The second-order valence-electron chi connectivity index (χ2n) is 4.63. The Morgan fingerprint density at radius 3 is 2.57 bits per heavy atom. The van der Waals surface area contributed by atoms with Crippen LogP contribution in [-0.2, 0) is 16.6 Å². The fraction of sp³-hybridized carbons (Fsp3) is 0.727. The van der Waals surface area contributed by atoms with Gasteiger partial charge in [-0.3, -0.25) is 0 Å². The summed E-state index contributed by atoms with van der Waals surface area (Å²) in [6.07, 6.45) is 1.17. The largest absolute Gasteiger partial charge is 0.381 e. The van der Waals surface area contributed by atoms with Crippen molar-refractivity contribution >= 4 is 11.3 Å². The summed E-state index contributed by atoms with van der Waals surface area (Å²) in [5, 5.41) is 3.32. The zero-order valence-corrected chi connectivity index (χ0v) is 10.4. The third-order valence-corrected chi connectivity index (χ3v) is 3.06. The summed E-state index contributed by atoms with van der Waals surface area (Å²) < 4.78 is 5.22. The summed E-state index contributed by atoms with van der Waals surface area (Å²) in [6.45, 7) is 8.63. The van der Waals surface area contributed by atoms with Gasteiger partial charge in [-0.2, -0.15) is 0 Å². The second kappa shape index (κ2) is 4.41. The lowest BCUT2D eigenvalue weighted by atomic mass is 9.93. The number of ether oxygens (including phenoxy) is 1. The lowest BCUT2D eigenvalue weighted by Crippen LogP contribution is -2.13. The van der Waals surface area contributed by atoms with Crippen LogP contribution in [0.15, 0.2) is 5.38 Å². The van der Waals surface area contributed by atoms with E-state index >= 15 is 0 Å². The van der Waals surface area contributed by atoms with E-state index in [1.165, 1.54) is 10.7 Å². The van der Waals surface area contributed by atoms with E-state index < -0.39 is 0 Å². The highest BCUT2D eigenvalue weighted by molar-refractivity contribution is 7.09. The third-order valence-electron chi connectivity index (χ3n) is 2.18. The lowest BCUT2D eigenvalue weighted by Gasteiger charge is -2.14. The molecule has 1 aromatic rings. The average molecular weight is 213 g/mol. The molecule has 3 heteroatoms. The van der Waals surface area contributed by atoms with Gasteiger partial charge in [0, 0.05) is 24.3 Å². The fourth-order valence-electron chi connectivity index (χ4n) is 1.08. The molecule has 0 fully saturated rings. The van der Waals surface area contributed by atoms with Crippen molar-refractivity contribution in [1.82, 2.24) is 4.98 Å². The molecule has 1 rings (SSSR count). The van der Waals surface area contributed by atoms with Crippen LogP contribution >= 0.6 is 11.3 Å². The van der Waals surface area contributed by atoms with Gasteiger partial charge in [0.15, 0.2) is 0 Å². The summed E-state index contributed by atoms with van der Waals surface area (Å²) in [5.41, 5.74) is 1.34. The van der Waals surface area contributed by atoms with E-state index in [1.54, 1.807) is 18.4 Å². The van der Waals surface area contributed by atoms with E-state index in [2.05, 4.69) is 38.1 Å². The van der Waals surface area contributed by atoms with Crippen LogP contribution < -0.4 is 0 Å². The molecule has 0 aliphatic carbocycles. The minimum atomic E-state index is 0.158. The predicted octanol–water partition coefficient (Wildman–Crippen LogP) is 3.02. The number of methoxy groups -OCH3 is 1. The zero-order valence-electron chi connectivity index (χ0n) is 9.63. The van der Waals surface area contributed by atoms with Gasteiger partial charge in [-0.1, -0.05) is 20.8 Å². The summed E-state index contributed by atoms with van der Waals surface area (Å²) in [4.78, 5) is 4.61. The second-order valence-corrected chi connectivity index (χ2v) is 5.57. The standard InChI is InChI=1S/C11H19NOS/c1-8(13-5)6-10-12-9(7-14-10)11(2,3)4/h7-8H,6H2,1-5H3. The highest BCUT2D eigenvalue weighted by Crippen LogP contribution is 2.24. The van der Waals surface area contributed by atoms with E-state index in [0.717, 1.165) is 6.42 Å². The molecule has 1 aromatic heterocycles. The summed E-state index contributed by atoms with van der Waals surface area (Å²) in [5.74, 6) is 0. The maximum absolute atomic E-state index is 5.22. The van der Waals surface area contributed by atoms with Gasteiger partial charge < -0.3 is 4.74 Å². The van der Waals surface area contributed by atoms with Crippen LogP contribution in [0.2, 0.25) is 0 Å². The lowest BCUT2D eigenvalue weighted by molar-refractivity contribution is 0.118. The van der Waals surface area contributed by atoms with E-state index in [1.807, 2.05) is 0 Å². The molecule has 0 saturated heterocycles. The molecule has 0 bridgehead atoms. The van der Waals surface area contributed by atoms with Crippen molar-refractivity contribution in [2.45, 2.75) is 45.6 Å². The number of thiazole rings is 1. The topological polar surface area (TPSA) is 22.1 Å². The van der Waals surface area contributed by atoms with Crippen molar-refractivity contribution in [3.63, 3.8) is 0 Å². The molecule has 0 aliphatic rings. The first-order valence-electron chi connectivity index (χ1n) is 4.91. The Bertz CT molecular complexity index is 288. The van der Waals surface area contributed by atoms with E-state index in [-0.39, 0.29) is 11.5 Å². The Balaban J connectivity index is 2.69. The number of hydrogen-bond donors (Lipinski definition) is 0. The van der Waals surface area contributed by atoms with Crippen LogP contribution in [-0.4, -0.2) is 18.2 Å². The average Bonchev–Trinajstić information content (AvgIpc) is 2.51. The first kappa shape index (κ1) is 11.7. The Morgan fingerprint density at radius 1 is 1.50 bits per heavy atom. The monoisotopic (exact) mass is 213 g/mol. The van der Waals surface area contributed by atoms with E-state index in [0.29, 0.717) is 0 Å². The minimum Gasteiger partial charge on any atom is -0.381 e. The molecular weight excluding hydrogens is 194 g/mol. The maximum Gasteiger partial charge on any atom is 0.0954 e. The van der Waals surface area contributed by atoms with Gasteiger partial charge in [-0.25, -0.2) is 4.98 Å². The molecule has 1 heterocycles. The molecule has 80 valence electrons. The van der Waals surface area contributed by atoms with Crippen LogP contribution in [0.25, 0.3) is 0 Å². The molecular formula is C11H19NOS. The number of rotatable bonds is 3. The Hall–Kier alpha value is -0.410. The SMILES string of the molecule is COC(C)Cc1nc(C(C)(C)C)cs1. The van der Waals surface area contributed by atoms with Gasteiger partial charge in [-0.05, 0) is 6.92 Å². The van der Waals surface area contributed by atoms with Gasteiger partial charge in [-0.15, -0.1) is 11.3 Å². The molecule has 2 nitrogen and oxygen atoms in total. The van der Waals surface area contributed by atoms with E-state index in [4.69, 9.17) is 4.74 Å². The highest BCUT2D eigenvalue weighted by atomic mass is 32.1. The van der Waals surface area contributed by atoms with Crippen LogP contribution in [0, 0.1) is 0 Å². The fourth-order valence-corrected chi connectivity index (χ4v) is 2.21. The molecule has 0 saturated carbocycles. The van der Waals surface area contributed by atoms with Crippen molar-refractivity contribution in [3.8, 4) is 0 Å². The predicted molar refractivity (Wildman–Crippen MR) is 61.0 cm³/mol. The maximum atomic E-state index is 5.22. The van der Waals surface area contributed by atoms with Gasteiger partial charge in [0.25, 0.3) is 0 Å². The molecule has 0 N–H and O–H groups in total. The minimum absolute atomic E-state index is 0.158. The molecule has 14 heavy (non-hydrogen) atoms. The number of hydrogen-bond acceptors (Lipinski definition) is 3. The van der Waals surface area contributed by atoms with Crippen molar-refractivity contribution < 1.29 is 4.74 Å². The van der Waals surface area contributed by atoms with Crippen LogP contribution in [0.4, 0.5) is 0 Å². The summed E-state index contributed by atoms with van der Waals surface area (Å²) in [7, 11) is 1.74. The number of aromatic nitrogens is 1. The smallest absolute Gasteiger partial charge is 0.0954 e.